The number of anilines is 5. The van der Waals surface area contributed by atoms with E-state index in [0.717, 1.165) is 61.3 Å². The molecule has 0 radical (unpaired) electrons. The summed E-state index contributed by atoms with van der Waals surface area (Å²) >= 11 is 0. The van der Waals surface area contributed by atoms with Crippen LogP contribution in [0.15, 0.2) is 36.5 Å². The molecule has 1 unspecified atom stereocenters. The number of hydrogen-bond donors (Lipinski definition) is 1. The van der Waals surface area contributed by atoms with Crippen LogP contribution < -0.4 is 15.1 Å². The van der Waals surface area contributed by atoms with E-state index in [4.69, 9.17) is 14.7 Å². The Labute approximate surface area is 195 Å². The van der Waals surface area contributed by atoms with E-state index in [1.165, 1.54) is 5.69 Å². The maximum Gasteiger partial charge on any atom is 0.229 e. The molecule has 2 aromatic heterocycles. The van der Waals surface area contributed by atoms with Crippen molar-refractivity contribution in [2.45, 2.75) is 19.4 Å². The number of likely N-dealkylation sites (N-methyl/N-ethyl adjacent to an activating group) is 1. The Bertz CT molecular complexity index is 1100. The van der Waals surface area contributed by atoms with Crippen molar-refractivity contribution < 1.29 is 4.74 Å². The van der Waals surface area contributed by atoms with E-state index in [2.05, 4.69) is 63.4 Å². The Balaban J connectivity index is 1.41. The minimum absolute atomic E-state index is 0.295. The molecule has 33 heavy (non-hydrogen) atoms. The van der Waals surface area contributed by atoms with Gasteiger partial charge in [-0.05, 0) is 31.3 Å². The monoisotopic (exact) mass is 448 g/mol. The Hall–Kier alpha value is -3.17. The minimum Gasteiger partial charge on any atom is -0.378 e. The third-order valence-corrected chi connectivity index (χ3v) is 6.46. The summed E-state index contributed by atoms with van der Waals surface area (Å²) in [5.74, 6) is 2.67. The second kappa shape index (κ2) is 8.99. The molecule has 0 amide bonds. The van der Waals surface area contributed by atoms with Gasteiger partial charge in [0.15, 0.2) is 5.82 Å². The van der Waals surface area contributed by atoms with Gasteiger partial charge in [0.2, 0.25) is 5.95 Å². The minimum atomic E-state index is 0.295. The lowest BCUT2D eigenvalue weighted by atomic mass is 10.0. The van der Waals surface area contributed by atoms with E-state index < -0.39 is 0 Å². The van der Waals surface area contributed by atoms with Crippen LogP contribution in [0.4, 0.5) is 29.0 Å². The summed E-state index contributed by atoms with van der Waals surface area (Å²) in [7, 11) is 5.81. The largest absolute Gasteiger partial charge is 0.378 e. The summed E-state index contributed by atoms with van der Waals surface area (Å²) in [6, 6.07) is 10.5. The van der Waals surface area contributed by atoms with E-state index >= 15 is 0 Å². The van der Waals surface area contributed by atoms with Crippen LogP contribution in [-0.2, 0) is 18.4 Å². The number of nitrogens with zero attached hydrogens (tertiary/aromatic N) is 7. The summed E-state index contributed by atoms with van der Waals surface area (Å²) in [6.45, 7) is 7.77. The molecule has 3 aromatic rings. The number of aromatic nitrogens is 4. The lowest BCUT2D eigenvalue weighted by Crippen LogP contribution is -2.44. The fourth-order valence-electron chi connectivity index (χ4n) is 4.67. The fraction of sp³-hybridized carbons (Fsp3) is 0.458. The van der Waals surface area contributed by atoms with Gasteiger partial charge >= 0.3 is 0 Å². The maximum absolute atomic E-state index is 5.48. The Kier molecular flexibility index (Phi) is 5.90. The third-order valence-electron chi connectivity index (χ3n) is 6.46. The van der Waals surface area contributed by atoms with Gasteiger partial charge in [0, 0.05) is 82.0 Å². The molecule has 0 saturated carbocycles. The van der Waals surface area contributed by atoms with Crippen LogP contribution in [-0.4, -0.2) is 71.5 Å². The molecule has 0 aliphatic carbocycles. The standard InChI is InChI=1S/C24H32N8O/c1-17-15-32(21-9-10-30(3)28-21)23-22(17)20(16-33-4)26-24(27-23)25-18-5-7-19(8-6-18)31-13-11-29(2)12-14-31/h5-10,17H,11-16H2,1-4H3,(H,25,26,27). The van der Waals surface area contributed by atoms with Crippen LogP contribution in [0.5, 0.6) is 0 Å². The lowest BCUT2D eigenvalue weighted by Gasteiger charge is -2.34. The van der Waals surface area contributed by atoms with Crippen molar-refractivity contribution >= 4 is 29.0 Å². The molecule has 5 rings (SSSR count). The van der Waals surface area contributed by atoms with Crippen LogP contribution in [0, 0.1) is 0 Å². The second-order valence-corrected chi connectivity index (χ2v) is 8.99. The summed E-state index contributed by atoms with van der Waals surface area (Å²) in [5, 5.41) is 8.00. The van der Waals surface area contributed by atoms with Gasteiger partial charge < -0.3 is 24.8 Å². The van der Waals surface area contributed by atoms with Crippen molar-refractivity contribution in [1.82, 2.24) is 24.6 Å². The van der Waals surface area contributed by atoms with Gasteiger partial charge in [-0.25, -0.2) is 4.98 Å². The molecular weight excluding hydrogens is 416 g/mol. The number of fused-ring (bicyclic) bond motifs is 1. The number of methoxy groups -OCH3 is 1. The van der Waals surface area contributed by atoms with Crippen LogP contribution in [0.25, 0.3) is 0 Å². The first-order chi connectivity index (χ1) is 16.0. The van der Waals surface area contributed by atoms with Crippen molar-refractivity contribution in [3.8, 4) is 0 Å². The summed E-state index contributed by atoms with van der Waals surface area (Å²) < 4.78 is 7.29. The fourth-order valence-corrected chi connectivity index (χ4v) is 4.67. The Morgan fingerprint density at radius 2 is 1.79 bits per heavy atom. The zero-order valence-corrected chi connectivity index (χ0v) is 19.8. The van der Waals surface area contributed by atoms with Gasteiger partial charge in [-0.1, -0.05) is 6.92 Å². The lowest BCUT2D eigenvalue weighted by molar-refractivity contribution is 0.180. The van der Waals surface area contributed by atoms with E-state index in [-0.39, 0.29) is 0 Å². The zero-order chi connectivity index (χ0) is 22.9. The quantitative estimate of drug-likeness (QED) is 0.617. The molecule has 0 spiro atoms. The first-order valence-corrected chi connectivity index (χ1v) is 11.5. The summed E-state index contributed by atoms with van der Waals surface area (Å²) in [6.07, 6.45) is 1.95. The highest BCUT2D eigenvalue weighted by atomic mass is 16.5. The van der Waals surface area contributed by atoms with E-state index in [9.17, 15) is 0 Å². The number of nitrogens with one attached hydrogen (secondary N) is 1. The first-order valence-electron chi connectivity index (χ1n) is 11.5. The molecule has 9 heteroatoms. The van der Waals surface area contributed by atoms with Gasteiger partial charge in [-0.3, -0.25) is 4.68 Å². The van der Waals surface area contributed by atoms with Crippen LogP contribution in [0.1, 0.15) is 24.1 Å². The van der Waals surface area contributed by atoms with Gasteiger partial charge in [-0.15, -0.1) is 0 Å². The topological polar surface area (TPSA) is 74.6 Å². The second-order valence-electron chi connectivity index (χ2n) is 8.99. The average molecular weight is 449 g/mol. The van der Waals surface area contributed by atoms with Crippen LogP contribution in [0.3, 0.4) is 0 Å². The molecular formula is C24H32N8O. The average Bonchev–Trinajstić information content (AvgIpc) is 3.38. The molecule has 0 bridgehead atoms. The van der Waals surface area contributed by atoms with Gasteiger partial charge in [0.25, 0.3) is 0 Å². The number of rotatable bonds is 6. The highest BCUT2D eigenvalue weighted by Crippen LogP contribution is 2.41. The van der Waals surface area contributed by atoms with Crippen molar-refractivity contribution in [3.63, 3.8) is 0 Å². The number of benzene rings is 1. The van der Waals surface area contributed by atoms with Gasteiger partial charge in [0.1, 0.15) is 5.82 Å². The molecule has 1 atom stereocenters. The highest BCUT2D eigenvalue weighted by Gasteiger charge is 2.33. The van der Waals surface area contributed by atoms with Crippen LogP contribution >= 0.6 is 0 Å². The van der Waals surface area contributed by atoms with Crippen molar-refractivity contribution in [2.24, 2.45) is 7.05 Å². The number of ether oxygens (including phenoxy) is 1. The molecule has 9 nitrogen and oxygen atoms in total. The predicted molar refractivity (Wildman–Crippen MR) is 131 cm³/mol. The predicted octanol–water partition coefficient (Wildman–Crippen LogP) is 3.11. The molecule has 1 aromatic carbocycles. The van der Waals surface area contributed by atoms with Crippen molar-refractivity contribution in [3.05, 3.63) is 47.8 Å². The first kappa shape index (κ1) is 21.7. The normalized spacial score (nSPS) is 18.6. The highest BCUT2D eigenvalue weighted by molar-refractivity contribution is 5.69. The van der Waals surface area contributed by atoms with Gasteiger partial charge in [-0.2, -0.15) is 10.1 Å². The maximum atomic E-state index is 5.48. The van der Waals surface area contributed by atoms with Gasteiger partial charge in [0.05, 0.1) is 12.3 Å². The molecule has 174 valence electrons. The van der Waals surface area contributed by atoms with Crippen molar-refractivity contribution in [1.29, 1.82) is 0 Å². The molecule has 1 saturated heterocycles. The van der Waals surface area contributed by atoms with E-state index in [0.29, 0.717) is 18.5 Å². The SMILES string of the molecule is COCc1nc(Nc2ccc(N3CCN(C)CC3)cc2)nc2c1C(C)CN2c1ccn(C)n1. The molecule has 2 aliphatic rings. The molecule has 1 fully saturated rings. The number of piperazine rings is 1. The smallest absolute Gasteiger partial charge is 0.229 e. The molecule has 2 aliphatic heterocycles. The Morgan fingerprint density at radius 1 is 1.03 bits per heavy atom. The Morgan fingerprint density at radius 3 is 2.45 bits per heavy atom. The van der Waals surface area contributed by atoms with E-state index in [1.54, 1.807) is 7.11 Å². The summed E-state index contributed by atoms with van der Waals surface area (Å²) in [5.41, 5.74) is 4.27. The van der Waals surface area contributed by atoms with Crippen LogP contribution in [0.2, 0.25) is 0 Å². The third kappa shape index (κ3) is 4.38. The van der Waals surface area contributed by atoms with Crippen molar-refractivity contribution in [2.75, 3.05) is 62.0 Å². The number of hydrogen-bond acceptors (Lipinski definition) is 8. The molecule has 1 N–H and O–H groups in total. The van der Waals surface area contributed by atoms with E-state index in [1.807, 2.05) is 24.0 Å². The zero-order valence-electron chi connectivity index (χ0n) is 19.8. The molecule has 4 heterocycles. The summed E-state index contributed by atoms with van der Waals surface area (Å²) in [4.78, 5) is 16.7. The number of aryl methyl sites for hydroxylation is 1.